The smallest absolute Gasteiger partial charge is 0.226 e. The fraction of sp³-hybridized carbons (Fsp3) is 1.00. The summed E-state index contributed by atoms with van der Waals surface area (Å²) in [6, 6.07) is -0.380. The van der Waals surface area contributed by atoms with Crippen molar-refractivity contribution in [1.82, 2.24) is 4.72 Å². The van der Waals surface area contributed by atoms with Crippen LogP contribution in [0.4, 0.5) is 0 Å². The van der Waals surface area contributed by atoms with Crippen LogP contribution in [0.25, 0.3) is 0 Å². The quantitative estimate of drug-likeness (QED) is 0.702. The summed E-state index contributed by atoms with van der Waals surface area (Å²) in [5.74, 6) is 0.253. The van der Waals surface area contributed by atoms with Gasteiger partial charge in [-0.05, 0) is 12.8 Å². The van der Waals surface area contributed by atoms with Gasteiger partial charge in [0.1, 0.15) is 0 Å². The lowest BCUT2D eigenvalue weighted by molar-refractivity contribution is 0.482. The molecule has 0 saturated heterocycles. The Morgan fingerprint density at radius 3 is 2.00 bits per heavy atom. The molecule has 0 bridgehead atoms. The average molecular weight is 278 g/mol. The van der Waals surface area contributed by atoms with E-state index in [1.165, 1.54) is 0 Å². The third-order valence-electron chi connectivity index (χ3n) is 1.83. The van der Waals surface area contributed by atoms with Gasteiger partial charge in [-0.1, -0.05) is 6.92 Å². The highest BCUT2D eigenvalue weighted by atomic mass is 35.5. The van der Waals surface area contributed by atoms with Gasteiger partial charge in [0, 0.05) is 18.2 Å². The number of alkyl halides is 1. The summed E-state index contributed by atoms with van der Waals surface area (Å²) in [4.78, 5) is 0. The molecular weight excluding hydrogens is 262 g/mol. The van der Waals surface area contributed by atoms with Gasteiger partial charge in [-0.15, -0.1) is 11.6 Å². The first-order chi connectivity index (χ1) is 6.57. The second-order valence-electron chi connectivity index (χ2n) is 3.70. The van der Waals surface area contributed by atoms with Crippen molar-refractivity contribution in [3.05, 3.63) is 0 Å². The van der Waals surface area contributed by atoms with E-state index < -0.39 is 24.9 Å². The fourth-order valence-electron chi connectivity index (χ4n) is 0.849. The molecule has 0 aliphatic carbocycles. The van der Waals surface area contributed by atoms with Crippen LogP contribution in [0.3, 0.4) is 0 Å². The van der Waals surface area contributed by atoms with Gasteiger partial charge in [0.2, 0.25) is 10.0 Å². The molecule has 0 spiro atoms. The Labute approximate surface area is 96.2 Å². The summed E-state index contributed by atoms with van der Waals surface area (Å²) >= 11 is 5.56. The van der Waals surface area contributed by atoms with Crippen molar-refractivity contribution in [3.8, 4) is 0 Å². The minimum Gasteiger partial charge on any atom is -0.228 e. The fourth-order valence-corrected chi connectivity index (χ4v) is 4.44. The molecule has 0 aliphatic heterocycles. The van der Waals surface area contributed by atoms with E-state index in [9.17, 15) is 16.8 Å². The first-order valence-corrected chi connectivity index (χ1v) is 8.56. The summed E-state index contributed by atoms with van der Waals surface area (Å²) in [5, 5.41) is -0.890. The van der Waals surface area contributed by atoms with Crippen LogP contribution in [0.15, 0.2) is 0 Å². The van der Waals surface area contributed by atoms with E-state index in [1.54, 1.807) is 13.8 Å². The van der Waals surface area contributed by atoms with Gasteiger partial charge in [-0.2, -0.15) is 0 Å². The van der Waals surface area contributed by atoms with Crippen molar-refractivity contribution in [3.63, 3.8) is 0 Å². The Morgan fingerprint density at radius 2 is 1.67 bits per heavy atom. The Bertz CT molecular complexity index is 389. The van der Waals surface area contributed by atoms with E-state index in [-0.39, 0.29) is 12.0 Å². The molecular formula is C7H16ClNO4S2. The molecule has 0 rings (SSSR count). The zero-order chi connectivity index (χ0) is 12.3. The van der Waals surface area contributed by atoms with Gasteiger partial charge < -0.3 is 0 Å². The summed E-state index contributed by atoms with van der Waals surface area (Å²) < 4.78 is 46.6. The van der Waals surface area contributed by atoms with Crippen LogP contribution in [0.5, 0.6) is 0 Å². The lowest BCUT2D eigenvalue weighted by Gasteiger charge is -2.18. The van der Waals surface area contributed by atoms with E-state index in [0.29, 0.717) is 5.88 Å². The number of hydrogen-bond donors (Lipinski definition) is 1. The first-order valence-electron chi connectivity index (χ1n) is 4.31. The summed E-state index contributed by atoms with van der Waals surface area (Å²) in [6.07, 6.45) is 0.877. The minimum atomic E-state index is -3.79. The van der Waals surface area contributed by atoms with Gasteiger partial charge in [-0.3, -0.25) is 0 Å². The number of hydrogen-bond acceptors (Lipinski definition) is 4. The highest BCUT2D eigenvalue weighted by Gasteiger charge is 2.22. The predicted molar refractivity (Wildman–Crippen MR) is 61.1 cm³/mol. The number of sulfonamides is 1. The van der Waals surface area contributed by atoms with Crippen LogP contribution in [0.2, 0.25) is 0 Å². The van der Waals surface area contributed by atoms with E-state index in [4.69, 9.17) is 11.6 Å². The summed E-state index contributed by atoms with van der Waals surface area (Å²) in [6.45, 7) is 3.42. The monoisotopic (exact) mass is 277 g/mol. The standard InChI is InChI=1S/C7H16ClNO4S2/c1-6(4-8)7(2)9-15(12,13)5-14(3,10)11/h6-7,9H,4-5H2,1-3H3. The SMILES string of the molecule is CC(CCl)C(C)NS(=O)(=O)CS(C)(=O)=O. The van der Waals surface area contributed by atoms with Crippen LogP contribution in [-0.4, -0.2) is 40.1 Å². The molecule has 2 unspecified atom stereocenters. The van der Waals surface area contributed by atoms with Crippen LogP contribution >= 0.6 is 11.6 Å². The molecule has 0 amide bonds. The molecule has 15 heavy (non-hydrogen) atoms. The van der Waals surface area contributed by atoms with Gasteiger partial charge in [0.15, 0.2) is 14.9 Å². The van der Waals surface area contributed by atoms with Crippen molar-refractivity contribution in [2.45, 2.75) is 19.9 Å². The molecule has 0 radical (unpaired) electrons. The molecule has 2 atom stereocenters. The minimum absolute atomic E-state index is 0.0546. The average Bonchev–Trinajstić information content (AvgIpc) is 1.96. The maximum atomic E-state index is 11.3. The molecule has 0 heterocycles. The molecule has 92 valence electrons. The van der Waals surface area contributed by atoms with Crippen molar-refractivity contribution in [1.29, 1.82) is 0 Å². The number of sulfone groups is 1. The maximum Gasteiger partial charge on any atom is 0.226 e. The predicted octanol–water partition coefficient (Wildman–Crippen LogP) is 0.171. The van der Waals surface area contributed by atoms with Crippen LogP contribution < -0.4 is 4.72 Å². The van der Waals surface area contributed by atoms with Crippen LogP contribution in [0.1, 0.15) is 13.8 Å². The van der Waals surface area contributed by atoms with E-state index in [2.05, 4.69) is 4.72 Å². The Hall–Kier alpha value is 0.150. The second kappa shape index (κ2) is 5.47. The lowest BCUT2D eigenvalue weighted by Crippen LogP contribution is -2.40. The summed E-state index contributed by atoms with van der Waals surface area (Å²) in [7, 11) is -7.33. The molecule has 0 aromatic rings. The Balaban J connectivity index is 4.53. The lowest BCUT2D eigenvalue weighted by atomic mass is 10.1. The van der Waals surface area contributed by atoms with Crippen LogP contribution in [-0.2, 0) is 19.9 Å². The molecule has 0 fully saturated rings. The third kappa shape index (κ3) is 7.10. The zero-order valence-electron chi connectivity index (χ0n) is 8.90. The number of halogens is 1. The van der Waals surface area contributed by atoms with E-state index in [0.717, 1.165) is 6.26 Å². The Morgan fingerprint density at radius 1 is 1.20 bits per heavy atom. The first kappa shape index (κ1) is 15.2. The maximum absolute atomic E-state index is 11.3. The molecule has 8 heteroatoms. The van der Waals surface area contributed by atoms with Crippen LogP contribution in [0, 0.1) is 5.92 Å². The van der Waals surface area contributed by atoms with Gasteiger partial charge in [-0.25, -0.2) is 21.6 Å². The van der Waals surface area contributed by atoms with E-state index >= 15 is 0 Å². The zero-order valence-corrected chi connectivity index (χ0v) is 11.3. The van der Waals surface area contributed by atoms with Crippen molar-refractivity contribution in [2.24, 2.45) is 5.92 Å². The molecule has 5 nitrogen and oxygen atoms in total. The molecule has 1 N–H and O–H groups in total. The van der Waals surface area contributed by atoms with E-state index in [1.807, 2.05) is 0 Å². The van der Waals surface area contributed by atoms with Gasteiger partial charge >= 0.3 is 0 Å². The van der Waals surface area contributed by atoms with Gasteiger partial charge in [0.05, 0.1) is 0 Å². The molecule has 0 aliphatic rings. The highest BCUT2D eigenvalue weighted by molar-refractivity contribution is 8.06. The molecule has 0 saturated carbocycles. The number of rotatable bonds is 6. The topological polar surface area (TPSA) is 80.3 Å². The second-order valence-corrected chi connectivity index (χ2v) is 8.26. The molecule has 0 aromatic heterocycles. The summed E-state index contributed by atoms with van der Waals surface area (Å²) in [5.41, 5.74) is 0. The molecule has 0 aromatic carbocycles. The largest absolute Gasteiger partial charge is 0.228 e. The number of nitrogens with one attached hydrogen (secondary N) is 1. The highest BCUT2D eigenvalue weighted by Crippen LogP contribution is 2.06. The van der Waals surface area contributed by atoms with Crippen molar-refractivity contribution in [2.75, 3.05) is 17.2 Å². The third-order valence-corrected chi connectivity index (χ3v) is 6.00. The van der Waals surface area contributed by atoms with Gasteiger partial charge in [0.25, 0.3) is 0 Å². The Kier molecular flexibility index (Phi) is 5.52. The van der Waals surface area contributed by atoms with Crippen molar-refractivity contribution >= 4 is 31.5 Å². The van der Waals surface area contributed by atoms with Crippen molar-refractivity contribution < 1.29 is 16.8 Å². The normalized spacial score (nSPS) is 17.3.